The first-order valence-corrected chi connectivity index (χ1v) is 11.6. The summed E-state index contributed by atoms with van der Waals surface area (Å²) in [6.45, 7) is 0.995. The summed E-state index contributed by atoms with van der Waals surface area (Å²) < 4.78 is 5.48. The van der Waals surface area contributed by atoms with E-state index in [1.54, 1.807) is 0 Å². The Morgan fingerprint density at radius 1 is 0.879 bits per heavy atom. The van der Waals surface area contributed by atoms with Crippen LogP contribution in [0.1, 0.15) is 49.1 Å². The van der Waals surface area contributed by atoms with E-state index in [2.05, 4.69) is 34.9 Å². The summed E-state index contributed by atoms with van der Waals surface area (Å²) in [5.74, 6) is -0.785. The molecule has 3 N–H and O–H groups in total. The van der Waals surface area contributed by atoms with Gasteiger partial charge in [-0.05, 0) is 53.9 Å². The lowest BCUT2D eigenvalue weighted by Crippen LogP contribution is -2.35. The van der Waals surface area contributed by atoms with Crippen molar-refractivity contribution in [2.75, 3.05) is 19.7 Å². The minimum atomic E-state index is -0.725. The van der Waals surface area contributed by atoms with Crippen LogP contribution in [-0.4, -0.2) is 42.8 Å². The highest BCUT2D eigenvalue weighted by molar-refractivity contribution is 5.79. The van der Waals surface area contributed by atoms with Crippen LogP contribution in [0.15, 0.2) is 48.5 Å². The average molecular weight is 451 g/mol. The molecule has 174 valence electrons. The van der Waals surface area contributed by atoms with Gasteiger partial charge >= 0.3 is 12.1 Å². The molecule has 2 aliphatic carbocycles. The van der Waals surface area contributed by atoms with Crippen molar-refractivity contribution in [3.8, 4) is 11.1 Å². The third-order valence-electron chi connectivity index (χ3n) is 6.75. The summed E-state index contributed by atoms with van der Waals surface area (Å²) >= 11 is 0. The quantitative estimate of drug-likeness (QED) is 0.565. The highest BCUT2D eigenvalue weighted by atomic mass is 16.5. The number of carboxylic acids is 1. The first kappa shape index (κ1) is 22.8. The maximum absolute atomic E-state index is 12.2. The van der Waals surface area contributed by atoms with Crippen molar-refractivity contribution in [3.63, 3.8) is 0 Å². The van der Waals surface area contributed by atoms with E-state index in [4.69, 9.17) is 9.84 Å². The summed E-state index contributed by atoms with van der Waals surface area (Å²) in [6.07, 6.45) is 2.61. The zero-order valence-electron chi connectivity index (χ0n) is 18.6. The number of benzene rings is 2. The lowest BCUT2D eigenvalue weighted by atomic mass is 9.82. The second kappa shape index (κ2) is 10.5. The number of alkyl carbamates (subject to hydrolysis) is 1. The predicted octanol–water partition coefficient (Wildman–Crippen LogP) is 3.92. The van der Waals surface area contributed by atoms with Gasteiger partial charge in [-0.2, -0.15) is 0 Å². The number of aliphatic carboxylic acids is 1. The number of hydrogen-bond acceptors (Lipinski definition) is 4. The van der Waals surface area contributed by atoms with E-state index in [0.29, 0.717) is 25.3 Å². The van der Waals surface area contributed by atoms with Crippen LogP contribution in [0.4, 0.5) is 4.79 Å². The molecule has 1 fully saturated rings. The molecule has 0 atom stereocenters. The van der Waals surface area contributed by atoms with Crippen LogP contribution in [-0.2, 0) is 14.3 Å². The Hall–Kier alpha value is -3.35. The topological polar surface area (TPSA) is 105 Å². The number of carbonyl (C=O) groups excluding carboxylic acids is 2. The van der Waals surface area contributed by atoms with Gasteiger partial charge < -0.3 is 20.5 Å². The third kappa shape index (κ3) is 5.53. The maximum atomic E-state index is 12.2. The molecule has 0 spiro atoms. The number of hydrogen-bond donors (Lipinski definition) is 3. The van der Waals surface area contributed by atoms with Gasteiger partial charge in [-0.3, -0.25) is 9.59 Å². The van der Waals surface area contributed by atoms with Crippen LogP contribution in [0, 0.1) is 11.8 Å². The van der Waals surface area contributed by atoms with Crippen LogP contribution >= 0.6 is 0 Å². The average Bonchev–Trinajstić information content (AvgIpc) is 3.15. The molecule has 2 aromatic rings. The second-order valence-corrected chi connectivity index (χ2v) is 8.86. The smallest absolute Gasteiger partial charge is 0.407 e. The van der Waals surface area contributed by atoms with Gasteiger partial charge in [0, 0.05) is 25.4 Å². The lowest BCUT2D eigenvalue weighted by Gasteiger charge is -2.26. The number of carboxylic acid groups (broad SMARTS) is 1. The molecule has 2 amide bonds. The fourth-order valence-electron chi connectivity index (χ4n) is 4.89. The molecule has 0 aromatic heterocycles. The fourth-order valence-corrected chi connectivity index (χ4v) is 4.89. The first-order valence-electron chi connectivity index (χ1n) is 11.6. The number of nitrogens with one attached hydrogen (secondary N) is 2. The van der Waals surface area contributed by atoms with Gasteiger partial charge in [0.15, 0.2) is 0 Å². The minimum Gasteiger partial charge on any atom is -0.481 e. The van der Waals surface area contributed by atoms with E-state index in [1.165, 1.54) is 11.1 Å². The molecule has 0 saturated heterocycles. The standard InChI is InChI=1S/C26H30N2O5/c29-24(28-15-17-9-11-18(12-10-17)25(30)31)13-14-27-26(32)33-16-23-21-7-3-1-5-19(21)20-6-2-4-8-22(20)23/h1-8,17-18,23H,9-16H2,(H,27,32)(H,28,29)(H,30,31). The molecule has 2 aromatic carbocycles. The predicted molar refractivity (Wildman–Crippen MR) is 124 cm³/mol. The normalized spacial score (nSPS) is 19.3. The van der Waals surface area contributed by atoms with Gasteiger partial charge in [-0.15, -0.1) is 0 Å². The van der Waals surface area contributed by atoms with Crippen molar-refractivity contribution >= 4 is 18.0 Å². The molecule has 0 aliphatic heterocycles. The Morgan fingerprint density at radius 2 is 1.48 bits per heavy atom. The molecular formula is C26H30N2O5. The van der Waals surface area contributed by atoms with Crippen molar-refractivity contribution in [1.82, 2.24) is 10.6 Å². The van der Waals surface area contributed by atoms with Gasteiger partial charge in [0.1, 0.15) is 6.61 Å². The van der Waals surface area contributed by atoms with E-state index in [1.807, 2.05) is 24.3 Å². The summed E-state index contributed by atoms with van der Waals surface area (Å²) in [4.78, 5) is 35.3. The van der Waals surface area contributed by atoms with E-state index in [9.17, 15) is 14.4 Å². The van der Waals surface area contributed by atoms with Gasteiger partial charge in [-0.1, -0.05) is 48.5 Å². The van der Waals surface area contributed by atoms with Crippen molar-refractivity contribution in [2.45, 2.75) is 38.0 Å². The summed E-state index contributed by atoms with van der Waals surface area (Å²) in [5, 5.41) is 14.6. The number of rotatable bonds is 8. The number of carbonyl (C=O) groups is 3. The van der Waals surface area contributed by atoms with E-state index < -0.39 is 12.1 Å². The number of amides is 2. The third-order valence-corrected chi connectivity index (χ3v) is 6.75. The molecule has 7 nitrogen and oxygen atoms in total. The molecule has 0 heterocycles. The van der Waals surface area contributed by atoms with Gasteiger partial charge in [-0.25, -0.2) is 4.79 Å². The Labute approximate surface area is 193 Å². The molecule has 33 heavy (non-hydrogen) atoms. The molecule has 0 bridgehead atoms. The molecule has 2 aliphatic rings. The molecular weight excluding hydrogens is 420 g/mol. The Morgan fingerprint density at radius 3 is 2.09 bits per heavy atom. The highest BCUT2D eigenvalue weighted by Gasteiger charge is 2.29. The maximum Gasteiger partial charge on any atom is 0.407 e. The number of fused-ring (bicyclic) bond motifs is 3. The molecule has 4 rings (SSSR count). The van der Waals surface area contributed by atoms with E-state index in [-0.39, 0.29) is 37.3 Å². The van der Waals surface area contributed by atoms with E-state index >= 15 is 0 Å². The number of ether oxygens (including phenoxy) is 1. The molecule has 0 radical (unpaired) electrons. The zero-order valence-corrected chi connectivity index (χ0v) is 18.6. The summed E-state index contributed by atoms with van der Waals surface area (Å²) in [5.41, 5.74) is 4.66. The molecule has 1 saturated carbocycles. The van der Waals surface area contributed by atoms with Crippen molar-refractivity contribution in [1.29, 1.82) is 0 Å². The van der Waals surface area contributed by atoms with Crippen LogP contribution < -0.4 is 10.6 Å². The summed E-state index contributed by atoms with van der Waals surface area (Å²) in [6, 6.07) is 16.3. The Balaban J connectivity index is 1.16. The van der Waals surface area contributed by atoms with Crippen LogP contribution in [0.25, 0.3) is 11.1 Å². The highest BCUT2D eigenvalue weighted by Crippen LogP contribution is 2.44. The van der Waals surface area contributed by atoms with Crippen molar-refractivity contribution < 1.29 is 24.2 Å². The van der Waals surface area contributed by atoms with Crippen molar-refractivity contribution in [2.24, 2.45) is 11.8 Å². The second-order valence-electron chi connectivity index (χ2n) is 8.86. The zero-order chi connectivity index (χ0) is 23.2. The SMILES string of the molecule is O=C(CCNC(=O)OCC1c2ccccc2-c2ccccc21)NCC1CCC(C(=O)O)CC1. The van der Waals surface area contributed by atoms with Crippen LogP contribution in [0.3, 0.4) is 0 Å². The summed E-state index contributed by atoms with van der Waals surface area (Å²) in [7, 11) is 0. The molecule has 7 heteroatoms. The monoisotopic (exact) mass is 450 g/mol. The van der Waals surface area contributed by atoms with Gasteiger partial charge in [0.25, 0.3) is 0 Å². The van der Waals surface area contributed by atoms with Crippen molar-refractivity contribution in [3.05, 3.63) is 59.7 Å². The molecule has 0 unspecified atom stereocenters. The van der Waals surface area contributed by atoms with Crippen LogP contribution in [0.2, 0.25) is 0 Å². The van der Waals surface area contributed by atoms with Gasteiger partial charge in [0.2, 0.25) is 5.91 Å². The first-order chi connectivity index (χ1) is 16.0. The largest absolute Gasteiger partial charge is 0.481 e. The fraction of sp³-hybridized carbons (Fsp3) is 0.423. The Bertz CT molecular complexity index is 968. The van der Waals surface area contributed by atoms with Crippen LogP contribution in [0.5, 0.6) is 0 Å². The minimum absolute atomic E-state index is 0.00247. The van der Waals surface area contributed by atoms with Gasteiger partial charge in [0.05, 0.1) is 5.92 Å². The Kier molecular flexibility index (Phi) is 7.27. The lowest BCUT2D eigenvalue weighted by molar-refractivity contribution is -0.143. The van der Waals surface area contributed by atoms with E-state index in [0.717, 1.165) is 24.0 Å².